The van der Waals surface area contributed by atoms with Gasteiger partial charge in [-0.3, -0.25) is 0 Å². The van der Waals surface area contributed by atoms with Gasteiger partial charge in [-0.25, -0.2) is 17.9 Å². The fourth-order valence-corrected chi connectivity index (χ4v) is 12.7. The van der Waals surface area contributed by atoms with Crippen LogP contribution in [0.1, 0.15) is 0 Å². The van der Waals surface area contributed by atoms with E-state index in [-0.39, 0.29) is 0 Å². The van der Waals surface area contributed by atoms with Crippen LogP contribution in [-0.2, 0) is 12.6 Å². The summed E-state index contributed by atoms with van der Waals surface area (Å²) in [5.74, 6) is 2.09. The van der Waals surface area contributed by atoms with E-state index in [0.717, 1.165) is 0 Å². The highest BCUT2D eigenvalue weighted by Crippen LogP contribution is 2.65. The Balaban J connectivity index is 5.42. The first-order chi connectivity index (χ1) is 8.18. The fourth-order valence-electron chi connectivity index (χ4n) is 1.35. The smallest absolute Gasteiger partial charge is 0.247 e. The number of nitrogens with zero attached hydrogens (tertiary/aromatic N) is 1. The van der Waals surface area contributed by atoms with Crippen molar-refractivity contribution in [3.63, 3.8) is 0 Å². The van der Waals surface area contributed by atoms with Crippen molar-refractivity contribution < 1.29 is 12.6 Å². The van der Waals surface area contributed by atoms with Crippen molar-refractivity contribution in [2.45, 2.75) is 58.9 Å². The van der Waals surface area contributed by atoms with Gasteiger partial charge in [0.1, 0.15) is 0 Å². The average molecular weight is 335 g/mol. The van der Waals surface area contributed by atoms with Crippen molar-refractivity contribution in [2.75, 3.05) is 0 Å². The largest absolute Gasteiger partial charge is 0.588 e. The molecule has 0 aliphatic heterocycles. The van der Waals surface area contributed by atoms with Crippen molar-refractivity contribution in [1.29, 1.82) is 5.26 Å². The molecule has 109 valence electrons. The molecule has 0 aliphatic rings. The Morgan fingerprint density at radius 1 is 0.737 bits per heavy atom. The van der Waals surface area contributed by atoms with Gasteiger partial charge in [-0.2, -0.15) is 0 Å². The summed E-state index contributed by atoms with van der Waals surface area (Å²) in [6.07, 6.45) is 0. The summed E-state index contributed by atoms with van der Waals surface area (Å²) in [5.41, 5.74) is 0. The number of hydrogen-bond donors (Lipinski definition) is 0. The molecule has 0 N–H and O–H groups in total. The average Bonchev–Trinajstić information content (AvgIpc) is 1.90. The Morgan fingerprint density at radius 2 is 1.00 bits per heavy atom. The number of hydrogen-bond acceptors (Lipinski definition) is 4. The molecule has 1 radical (unpaired) electrons. The van der Waals surface area contributed by atoms with Crippen LogP contribution >= 0.6 is 7.82 Å². The summed E-state index contributed by atoms with van der Waals surface area (Å²) in [5, 5.41) is 9.12. The molecule has 0 heterocycles. The molecule has 4 nitrogen and oxygen atoms in total. The van der Waals surface area contributed by atoms with E-state index in [0.29, 0.717) is 0 Å². The lowest BCUT2D eigenvalue weighted by atomic mass is 10.2. The second-order valence-electron chi connectivity index (χ2n) is 7.41. The third-order valence-corrected chi connectivity index (χ3v) is 11.5. The summed E-state index contributed by atoms with van der Waals surface area (Å²) < 4.78 is 18.6. The highest BCUT2D eigenvalue weighted by atomic mass is 31.2. The predicted octanol–water partition coefficient (Wildman–Crippen LogP) is 4.40. The molecule has 0 aliphatic carbocycles. The minimum absolute atomic E-state index is 1.47. The maximum absolute atomic E-state index is 9.12. The first kappa shape index (κ1) is 19.5. The van der Waals surface area contributed by atoms with E-state index in [1.165, 1.54) is 7.00 Å². The summed E-state index contributed by atoms with van der Waals surface area (Å²) in [7, 11) is -8.27. The lowest BCUT2D eigenvalue weighted by Gasteiger charge is -2.34. The Labute approximate surface area is 123 Å². The lowest BCUT2D eigenvalue weighted by molar-refractivity contribution is 0.371. The maximum Gasteiger partial charge on any atom is 0.588 e. The van der Waals surface area contributed by atoms with E-state index in [1.54, 1.807) is 0 Å². The van der Waals surface area contributed by atoms with E-state index in [2.05, 4.69) is 64.9 Å². The van der Waals surface area contributed by atoms with Crippen LogP contribution in [0.5, 0.6) is 0 Å². The van der Waals surface area contributed by atoms with Gasteiger partial charge in [-0.05, 0) is 58.9 Å². The van der Waals surface area contributed by atoms with Gasteiger partial charge in [0, 0.05) is 0 Å². The van der Waals surface area contributed by atoms with E-state index in [4.69, 9.17) is 17.9 Å². The van der Waals surface area contributed by atoms with Crippen LogP contribution in [0.3, 0.4) is 0 Å². The molecule has 0 unspecified atom stereocenters. The molecule has 0 amide bonds. The standard InChI is InChI=1S/C10H27BNO3PSi3/c1-17(2,3)13-16(11-10-12,14-18(4,5)6)15-19(7,8)9/h1-9H3/q+1. The molecule has 0 aromatic carbocycles. The molecule has 0 saturated carbocycles. The zero-order chi connectivity index (χ0) is 15.5. The van der Waals surface area contributed by atoms with Crippen LogP contribution in [-0.4, -0.2) is 32.0 Å². The SMILES string of the molecule is C[Si](C)(C)O[P+]([B]C#N)(O[Si](C)(C)C)O[Si](C)(C)C. The first-order valence-electron chi connectivity index (χ1n) is 6.43. The minimum atomic E-state index is -2.66. The molecule has 0 atom stereocenters. The van der Waals surface area contributed by atoms with Gasteiger partial charge in [0.2, 0.25) is 25.0 Å². The topological polar surface area (TPSA) is 51.5 Å². The third kappa shape index (κ3) is 9.96. The van der Waals surface area contributed by atoms with Crippen molar-refractivity contribution in [3.8, 4) is 5.97 Å². The van der Waals surface area contributed by atoms with E-state index in [9.17, 15) is 0 Å². The van der Waals surface area contributed by atoms with Gasteiger partial charge in [-0.1, -0.05) is 0 Å². The molecular weight excluding hydrogens is 308 g/mol. The summed E-state index contributed by atoms with van der Waals surface area (Å²) in [6.45, 7) is 20.3. The Hall–Kier alpha value is 0.516. The molecule has 19 heavy (non-hydrogen) atoms. The van der Waals surface area contributed by atoms with Gasteiger partial charge in [0.25, 0.3) is 0 Å². The van der Waals surface area contributed by atoms with Crippen LogP contribution in [0.2, 0.25) is 58.9 Å². The van der Waals surface area contributed by atoms with Crippen LogP contribution in [0, 0.1) is 11.2 Å². The second kappa shape index (κ2) is 6.52. The highest BCUT2D eigenvalue weighted by molar-refractivity contribution is 7.93. The van der Waals surface area contributed by atoms with E-state index < -0.39 is 32.8 Å². The lowest BCUT2D eigenvalue weighted by Crippen LogP contribution is -2.39. The molecule has 0 saturated heterocycles. The van der Waals surface area contributed by atoms with E-state index >= 15 is 0 Å². The van der Waals surface area contributed by atoms with Gasteiger partial charge in [0.15, 0.2) is 0 Å². The molecule has 0 aromatic rings. The Morgan fingerprint density at radius 3 is 1.16 bits per heavy atom. The van der Waals surface area contributed by atoms with Gasteiger partial charge >= 0.3 is 14.8 Å². The zero-order valence-corrected chi connectivity index (χ0v) is 17.6. The number of nitriles is 1. The van der Waals surface area contributed by atoms with Crippen LogP contribution < -0.4 is 0 Å². The van der Waals surface area contributed by atoms with Crippen molar-refractivity contribution in [3.05, 3.63) is 0 Å². The molecule has 0 aromatic heterocycles. The predicted molar refractivity (Wildman–Crippen MR) is 91.6 cm³/mol. The van der Waals surface area contributed by atoms with Crippen LogP contribution in [0.4, 0.5) is 0 Å². The molecule has 0 fully saturated rings. The zero-order valence-electron chi connectivity index (χ0n) is 13.7. The Bertz CT molecular complexity index is 303. The number of rotatable bonds is 7. The summed E-state index contributed by atoms with van der Waals surface area (Å²) in [4.78, 5) is 0. The van der Waals surface area contributed by atoms with Gasteiger partial charge in [0.05, 0.1) is 5.97 Å². The quantitative estimate of drug-likeness (QED) is 0.511. The molecule has 9 heteroatoms. The van der Waals surface area contributed by atoms with Crippen molar-refractivity contribution >= 4 is 39.8 Å². The molecule has 0 bridgehead atoms. The highest BCUT2D eigenvalue weighted by Gasteiger charge is 2.55. The maximum atomic E-state index is 9.12. The molecule has 0 rings (SSSR count). The fraction of sp³-hybridized carbons (Fsp3) is 0.900. The van der Waals surface area contributed by atoms with E-state index in [1.807, 2.05) is 0 Å². The Kier molecular flexibility index (Phi) is 6.70. The normalized spacial score (nSPS) is 14.1. The summed E-state index contributed by atoms with van der Waals surface area (Å²) >= 11 is 0. The molecule has 0 spiro atoms. The first-order valence-corrected chi connectivity index (χ1v) is 18.3. The van der Waals surface area contributed by atoms with Crippen LogP contribution in [0.25, 0.3) is 0 Å². The monoisotopic (exact) mass is 335 g/mol. The third-order valence-electron chi connectivity index (χ3n) is 1.42. The summed E-state index contributed by atoms with van der Waals surface area (Å²) in [6, 6.07) is 0. The molecular formula is C10H27BNO3PSi3+. The van der Waals surface area contributed by atoms with Crippen molar-refractivity contribution in [1.82, 2.24) is 0 Å². The second-order valence-corrected chi connectivity index (χ2v) is 23.6. The van der Waals surface area contributed by atoms with Gasteiger partial charge < -0.3 is 0 Å². The van der Waals surface area contributed by atoms with Gasteiger partial charge in [-0.15, -0.1) is 0 Å². The van der Waals surface area contributed by atoms with Crippen LogP contribution in [0.15, 0.2) is 0 Å². The minimum Gasteiger partial charge on any atom is -0.247 e. The van der Waals surface area contributed by atoms with Crippen molar-refractivity contribution in [2.24, 2.45) is 0 Å².